The lowest BCUT2D eigenvalue weighted by molar-refractivity contribution is -0.143. The van der Waals surface area contributed by atoms with Gasteiger partial charge in [0.05, 0.1) is 22.1 Å². The van der Waals surface area contributed by atoms with Gasteiger partial charge in [0.25, 0.3) is 5.56 Å². The van der Waals surface area contributed by atoms with Crippen molar-refractivity contribution in [2.24, 2.45) is 0 Å². The van der Waals surface area contributed by atoms with Crippen molar-refractivity contribution in [1.29, 1.82) is 0 Å². The molecule has 0 aliphatic carbocycles. The summed E-state index contributed by atoms with van der Waals surface area (Å²) in [5, 5.41) is 15.6. The van der Waals surface area contributed by atoms with E-state index in [0.717, 1.165) is 10.9 Å². The van der Waals surface area contributed by atoms with Crippen LogP contribution in [0.1, 0.15) is 0 Å². The first-order chi connectivity index (χ1) is 14.0. The molecule has 0 spiro atoms. The Morgan fingerprint density at radius 2 is 1.83 bits per heavy atom. The number of hydrogen-bond acceptors (Lipinski definition) is 5. The number of carbonyl (C=O) groups is 2. The van der Waals surface area contributed by atoms with Crippen LogP contribution >= 0.6 is 0 Å². The van der Waals surface area contributed by atoms with Crippen molar-refractivity contribution in [2.45, 2.75) is 0 Å². The number of nitrogens with one attached hydrogen (secondary N) is 2. The Hall–Kier alpha value is -3.98. The molecule has 4 aromatic rings. The predicted octanol–water partition coefficient (Wildman–Crippen LogP) is 1.91. The Balaban J connectivity index is 1.58. The van der Waals surface area contributed by atoms with Crippen molar-refractivity contribution in [3.63, 3.8) is 0 Å². The summed E-state index contributed by atoms with van der Waals surface area (Å²) in [4.78, 5) is 39.2. The Labute approximate surface area is 163 Å². The van der Waals surface area contributed by atoms with E-state index in [1.807, 2.05) is 24.3 Å². The van der Waals surface area contributed by atoms with E-state index in [4.69, 9.17) is 9.84 Å². The average Bonchev–Trinajstić information content (AvgIpc) is 3.05. The number of nitrogens with zero attached hydrogens (tertiary/aromatic N) is 2. The third-order valence-electron chi connectivity index (χ3n) is 4.30. The Bertz CT molecular complexity index is 1270. The van der Waals surface area contributed by atoms with Crippen molar-refractivity contribution in [2.75, 3.05) is 18.5 Å². The second kappa shape index (κ2) is 7.56. The molecule has 29 heavy (non-hydrogen) atoms. The number of rotatable bonds is 6. The minimum absolute atomic E-state index is 0.225. The fraction of sp³-hybridized carbons (Fsp3) is 0.100. The molecule has 0 saturated heterocycles. The minimum atomic E-state index is -1.14. The smallest absolute Gasteiger partial charge is 0.329 e. The summed E-state index contributed by atoms with van der Waals surface area (Å²) < 4.78 is 6.16. The maximum absolute atomic E-state index is 12.8. The number of fused-ring (bicyclic) bond motifs is 3. The summed E-state index contributed by atoms with van der Waals surface area (Å²) in [6.07, 6.45) is 1.55. The standard InChI is InChI=1S/C20H16N4O5/c25-17(10-29-11-18(26)27)22-12-5-7-13(8-6-12)24-20(28)15-9-21-16-4-2-1-3-14(16)19(15)23-24/h1-9,23H,10-11H2,(H,22,25)(H,26,27). The van der Waals surface area contributed by atoms with Gasteiger partial charge in [0.1, 0.15) is 13.2 Å². The highest BCUT2D eigenvalue weighted by atomic mass is 16.5. The zero-order chi connectivity index (χ0) is 20.4. The molecule has 0 atom stereocenters. The molecule has 2 aromatic carbocycles. The van der Waals surface area contributed by atoms with Crippen LogP contribution < -0.4 is 10.9 Å². The number of para-hydroxylation sites is 1. The predicted molar refractivity (Wildman–Crippen MR) is 106 cm³/mol. The van der Waals surface area contributed by atoms with Crippen molar-refractivity contribution >= 4 is 39.4 Å². The van der Waals surface area contributed by atoms with E-state index in [-0.39, 0.29) is 12.2 Å². The van der Waals surface area contributed by atoms with Gasteiger partial charge in [-0.2, -0.15) is 0 Å². The maximum atomic E-state index is 12.8. The van der Waals surface area contributed by atoms with Crippen LogP contribution in [0.2, 0.25) is 0 Å². The number of amides is 1. The molecule has 0 saturated carbocycles. The first-order valence-electron chi connectivity index (χ1n) is 8.71. The van der Waals surface area contributed by atoms with E-state index in [1.165, 1.54) is 4.68 Å². The first-order valence-corrected chi connectivity index (χ1v) is 8.71. The summed E-state index contributed by atoms with van der Waals surface area (Å²) >= 11 is 0. The fourth-order valence-corrected chi connectivity index (χ4v) is 3.01. The normalized spacial score (nSPS) is 11.0. The molecule has 3 N–H and O–H groups in total. The van der Waals surface area contributed by atoms with Crippen LogP contribution in [0, 0.1) is 0 Å². The monoisotopic (exact) mass is 392 g/mol. The lowest BCUT2D eigenvalue weighted by Crippen LogP contribution is -2.20. The van der Waals surface area contributed by atoms with Crippen LogP contribution in [0.4, 0.5) is 5.69 Å². The Morgan fingerprint density at radius 1 is 1.07 bits per heavy atom. The van der Waals surface area contributed by atoms with Crippen LogP contribution in [0.3, 0.4) is 0 Å². The Morgan fingerprint density at radius 3 is 2.59 bits per heavy atom. The topological polar surface area (TPSA) is 126 Å². The van der Waals surface area contributed by atoms with Crippen LogP contribution in [-0.2, 0) is 14.3 Å². The number of carboxylic acids is 1. The molecule has 2 aromatic heterocycles. The second-order valence-corrected chi connectivity index (χ2v) is 6.30. The van der Waals surface area contributed by atoms with Gasteiger partial charge in [0, 0.05) is 17.3 Å². The molecule has 9 nitrogen and oxygen atoms in total. The molecular weight excluding hydrogens is 376 g/mol. The largest absolute Gasteiger partial charge is 0.480 e. The van der Waals surface area contributed by atoms with Gasteiger partial charge < -0.3 is 15.2 Å². The lowest BCUT2D eigenvalue weighted by Gasteiger charge is -2.07. The highest BCUT2D eigenvalue weighted by molar-refractivity contribution is 6.02. The fourth-order valence-electron chi connectivity index (χ4n) is 3.01. The molecule has 0 fully saturated rings. The molecule has 0 unspecified atom stereocenters. The van der Waals surface area contributed by atoms with Gasteiger partial charge in [-0.05, 0) is 30.3 Å². The van der Waals surface area contributed by atoms with Gasteiger partial charge in [0.2, 0.25) is 5.91 Å². The van der Waals surface area contributed by atoms with Crippen LogP contribution in [0.15, 0.2) is 59.5 Å². The molecule has 0 bridgehead atoms. The highest BCUT2D eigenvalue weighted by Crippen LogP contribution is 2.21. The molecule has 0 aliphatic heterocycles. The number of aromatic amines is 1. The zero-order valence-electron chi connectivity index (χ0n) is 15.1. The molecule has 146 valence electrons. The zero-order valence-corrected chi connectivity index (χ0v) is 15.1. The number of hydrogen-bond donors (Lipinski definition) is 3. The van der Waals surface area contributed by atoms with Crippen molar-refractivity contribution in [1.82, 2.24) is 14.8 Å². The number of ether oxygens (including phenoxy) is 1. The third-order valence-corrected chi connectivity index (χ3v) is 4.30. The molecule has 0 radical (unpaired) electrons. The van der Waals surface area contributed by atoms with Gasteiger partial charge in [-0.25, -0.2) is 9.48 Å². The summed E-state index contributed by atoms with van der Waals surface area (Å²) in [6.45, 7) is -0.908. The number of benzene rings is 2. The lowest BCUT2D eigenvalue weighted by atomic mass is 10.2. The molecule has 4 rings (SSSR count). The number of carboxylic acid groups (broad SMARTS) is 1. The van der Waals surface area contributed by atoms with Crippen molar-refractivity contribution in [3.05, 3.63) is 65.1 Å². The van der Waals surface area contributed by atoms with E-state index in [1.54, 1.807) is 30.5 Å². The van der Waals surface area contributed by atoms with Crippen LogP contribution in [0.5, 0.6) is 0 Å². The Kier molecular flexibility index (Phi) is 4.80. The maximum Gasteiger partial charge on any atom is 0.329 e. The SMILES string of the molecule is O=C(O)COCC(=O)Nc1ccc(-n2[nH]c3c(cnc4ccccc43)c2=O)cc1. The number of H-pyrrole nitrogens is 1. The van der Waals surface area contributed by atoms with Gasteiger partial charge in [-0.15, -0.1) is 0 Å². The summed E-state index contributed by atoms with van der Waals surface area (Å²) in [7, 11) is 0. The third kappa shape index (κ3) is 3.71. The van der Waals surface area contributed by atoms with E-state index >= 15 is 0 Å². The van der Waals surface area contributed by atoms with Gasteiger partial charge >= 0.3 is 5.97 Å². The molecule has 0 aliphatic rings. The van der Waals surface area contributed by atoms with E-state index in [2.05, 4.69) is 15.4 Å². The number of anilines is 1. The average molecular weight is 392 g/mol. The number of pyridine rings is 1. The van der Waals surface area contributed by atoms with Gasteiger partial charge in [-0.1, -0.05) is 18.2 Å². The van der Waals surface area contributed by atoms with E-state index < -0.39 is 18.5 Å². The summed E-state index contributed by atoms with van der Waals surface area (Å²) in [6, 6.07) is 14.2. The molecule has 1 amide bonds. The van der Waals surface area contributed by atoms with E-state index in [9.17, 15) is 14.4 Å². The summed E-state index contributed by atoms with van der Waals surface area (Å²) in [5.41, 5.74) is 2.35. The van der Waals surface area contributed by atoms with Crippen molar-refractivity contribution < 1.29 is 19.4 Å². The van der Waals surface area contributed by atoms with Crippen LogP contribution in [-0.4, -0.2) is 45.0 Å². The van der Waals surface area contributed by atoms with E-state index in [0.29, 0.717) is 22.3 Å². The van der Waals surface area contributed by atoms with Gasteiger partial charge in [0.15, 0.2) is 0 Å². The first kappa shape index (κ1) is 18.4. The van der Waals surface area contributed by atoms with Crippen LogP contribution in [0.25, 0.3) is 27.5 Å². The van der Waals surface area contributed by atoms with Gasteiger partial charge in [-0.3, -0.25) is 19.7 Å². The highest BCUT2D eigenvalue weighted by Gasteiger charge is 2.12. The molecule has 9 heteroatoms. The quantitative estimate of drug-likeness (QED) is 0.460. The number of aliphatic carboxylic acids is 1. The molecule has 2 heterocycles. The van der Waals surface area contributed by atoms with Crippen molar-refractivity contribution in [3.8, 4) is 5.69 Å². The second-order valence-electron chi connectivity index (χ2n) is 6.30. The summed E-state index contributed by atoms with van der Waals surface area (Å²) in [5.74, 6) is -1.62. The molecular formula is C20H16N4O5. The number of carbonyl (C=O) groups excluding carboxylic acids is 1. The minimum Gasteiger partial charge on any atom is -0.480 e. The number of aromatic nitrogens is 3.